The van der Waals surface area contributed by atoms with Gasteiger partial charge < -0.3 is 0 Å². The van der Waals surface area contributed by atoms with Crippen LogP contribution < -0.4 is 0 Å². The van der Waals surface area contributed by atoms with E-state index >= 15 is 0 Å². The summed E-state index contributed by atoms with van der Waals surface area (Å²) in [7, 11) is 2.76. The third-order valence-electron chi connectivity index (χ3n) is 1.07. The van der Waals surface area contributed by atoms with Crippen LogP contribution in [0.5, 0.6) is 0 Å². The normalized spacial score (nSPS) is 33.4. The van der Waals surface area contributed by atoms with Gasteiger partial charge in [0.05, 0.1) is 7.17 Å². The van der Waals surface area contributed by atoms with Crippen LogP contribution >= 0.6 is 12.6 Å². The minimum absolute atomic E-state index is 0.759. The van der Waals surface area contributed by atoms with Crippen molar-refractivity contribution in [3.63, 3.8) is 0 Å². The summed E-state index contributed by atoms with van der Waals surface area (Å²) >= 11 is 4.18. The van der Waals surface area contributed by atoms with Gasteiger partial charge in [0.15, 0.2) is 0 Å². The molecule has 3 heteroatoms. The molecule has 0 spiro atoms. The van der Waals surface area contributed by atoms with E-state index in [9.17, 15) is 0 Å². The monoisotopic (exact) mass is 84.0 g/mol. The number of hydrogen-bond acceptors (Lipinski definition) is 1. The van der Waals surface area contributed by atoms with Crippen LogP contribution in [0.1, 0.15) is 0 Å². The second-order valence-electron chi connectivity index (χ2n) is 1.58. The molecular formula is C2H6B2S. The second-order valence-corrected chi connectivity index (χ2v) is 2.32. The zero-order valence-electron chi connectivity index (χ0n) is 3.15. The maximum absolute atomic E-state index is 4.18. The Morgan fingerprint density at radius 1 is 1.80 bits per heavy atom. The first-order chi connectivity index (χ1) is 2.39. The van der Waals surface area contributed by atoms with Crippen LogP contribution in [0, 0.1) is 0 Å². The van der Waals surface area contributed by atoms with Gasteiger partial charge in [0.1, 0.15) is 7.17 Å². The SMILES string of the molecule is SC1BBC1. The smallest absolute Gasteiger partial charge is 0.102 e. The van der Waals surface area contributed by atoms with Crippen LogP contribution in [-0.2, 0) is 0 Å². The summed E-state index contributed by atoms with van der Waals surface area (Å²) in [5.41, 5.74) is 0. The van der Waals surface area contributed by atoms with Crippen molar-refractivity contribution in [1.82, 2.24) is 0 Å². The average Bonchev–Trinajstić information content (AvgIpc) is 1.30. The minimum Gasteiger partial charge on any atom is -0.186 e. The lowest BCUT2D eigenvalue weighted by Crippen LogP contribution is -2.30. The highest BCUT2D eigenvalue weighted by Gasteiger charge is 2.14. The summed E-state index contributed by atoms with van der Waals surface area (Å²) in [4.78, 5) is 0. The molecule has 1 rings (SSSR count). The molecule has 0 radical (unpaired) electrons. The number of hydrogen-bond donors (Lipinski definition) is 1. The van der Waals surface area contributed by atoms with Crippen molar-refractivity contribution in [3.05, 3.63) is 0 Å². The summed E-state index contributed by atoms with van der Waals surface area (Å²) in [6.45, 7) is 0. The van der Waals surface area contributed by atoms with Crippen LogP contribution in [0.2, 0.25) is 6.32 Å². The Hall–Kier alpha value is 0.480. The molecule has 1 unspecified atom stereocenters. The first-order valence-corrected chi connectivity index (χ1v) is 2.59. The van der Waals surface area contributed by atoms with E-state index in [1.54, 1.807) is 0 Å². The lowest BCUT2D eigenvalue weighted by molar-refractivity contribution is 1.34. The van der Waals surface area contributed by atoms with Gasteiger partial charge in [-0.2, -0.15) is 12.6 Å². The number of rotatable bonds is 0. The molecular weight excluding hydrogens is 77.7 g/mol. The Kier molecular flexibility index (Phi) is 0.946. The molecule has 1 aliphatic rings. The lowest BCUT2D eigenvalue weighted by Gasteiger charge is -2.14. The van der Waals surface area contributed by atoms with E-state index in [1.165, 1.54) is 20.7 Å². The average molecular weight is 83.8 g/mol. The van der Waals surface area contributed by atoms with Gasteiger partial charge in [-0.25, -0.2) is 0 Å². The second kappa shape index (κ2) is 1.29. The van der Waals surface area contributed by atoms with Crippen LogP contribution in [0.15, 0.2) is 0 Å². The zero-order valence-corrected chi connectivity index (χ0v) is 4.04. The summed E-state index contributed by atoms with van der Waals surface area (Å²) in [6.07, 6.45) is 1.35. The quantitative estimate of drug-likeness (QED) is 0.295. The first-order valence-electron chi connectivity index (χ1n) is 2.07. The van der Waals surface area contributed by atoms with Crippen LogP contribution in [-0.4, -0.2) is 19.5 Å². The molecule has 0 aromatic heterocycles. The van der Waals surface area contributed by atoms with Gasteiger partial charge in [-0.1, -0.05) is 6.32 Å². The zero-order chi connectivity index (χ0) is 3.70. The molecule has 0 aromatic rings. The lowest BCUT2D eigenvalue weighted by atomic mass is 9.24. The number of thiol groups is 1. The van der Waals surface area contributed by atoms with Crippen molar-refractivity contribution < 1.29 is 0 Å². The van der Waals surface area contributed by atoms with Crippen LogP contribution in [0.4, 0.5) is 0 Å². The fourth-order valence-corrected chi connectivity index (χ4v) is 0.752. The molecule has 0 N–H and O–H groups in total. The van der Waals surface area contributed by atoms with Crippen LogP contribution in [0.3, 0.4) is 0 Å². The molecule has 5 heavy (non-hydrogen) atoms. The Bertz CT molecular complexity index is 34.6. The van der Waals surface area contributed by atoms with E-state index in [0.717, 1.165) is 5.15 Å². The first kappa shape index (κ1) is 3.66. The van der Waals surface area contributed by atoms with Gasteiger partial charge >= 0.3 is 0 Å². The highest BCUT2D eigenvalue weighted by Crippen LogP contribution is 2.06. The highest BCUT2D eigenvalue weighted by atomic mass is 32.1. The van der Waals surface area contributed by atoms with E-state index in [-0.39, 0.29) is 0 Å². The molecule has 0 saturated carbocycles. The fourth-order valence-electron chi connectivity index (χ4n) is 0.387. The van der Waals surface area contributed by atoms with Gasteiger partial charge in [-0.15, -0.1) is 0 Å². The summed E-state index contributed by atoms with van der Waals surface area (Å²) in [6, 6.07) is 0. The molecule has 0 nitrogen and oxygen atoms in total. The molecule has 0 aromatic carbocycles. The topological polar surface area (TPSA) is 0 Å². The van der Waals surface area contributed by atoms with E-state index in [1.807, 2.05) is 0 Å². The van der Waals surface area contributed by atoms with Crippen LogP contribution in [0.25, 0.3) is 0 Å². The standard InChI is InChI=1S/C2H6B2S/c5-2-1-3-4-2/h2-5H,1H2. The Morgan fingerprint density at radius 3 is 2.20 bits per heavy atom. The molecule has 1 saturated heterocycles. The Balaban J connectivity index is 2.08. The van der Waals surface area contributed by atoms with Crippen molar-refractivity contribution in [2.75, 3.05) is 0 Å². The van der Waals surface area contributed by atoms with Gasteiger partial charge in [-0.3, -0.25) is 0 Å². The predicted molar refractivity (Wildman–Crippen MR) is 31.9 cm³/mol. The summed E-state index contributed by atoms with van der Waals surface area (Å²) in [5, 5.41) is 0.759. The molecule has 0 aliphatic carbocycles. The van der Waals surface area contributed by atoms with E-state index in [0.29, 0.717) is 0 Å². The molecule has 1 fully saturated rings. The van der Waals surface area contributed by atoms with E-state index in [4.69, 9.17) is 0 Å². The third-order valence-corrected chi connectivity index (χ3v) is 1.59. The van der Waals surface area contributed by atoms with Crippen molar-refractivity contribution in [2.24, 2.45) is 0 Å². The van der Waals surface area contributed by atoms with Crippen molar-refractivity contribution >= 4 is 27.0 Å². The third kappa shape index (κ3) is 0.656. The van der Waals surface area contributed by atoms with E-state index < -0.39 is 0 Å². The molecule has 26 valence electrons. The van der Waals surface area contributed by atoms with Gasteiger partial charge in [-0.05, 0) is 5.15 Å². The largest absolute Gasteiger partial charge is 0.186 e. The fraction of sp³-hybridized carbons (Fsp3) is 1.00. The van der Waals surface area contributed by atoms with E-state index in [2.05, 4.69) is 12.6 Å². The maximum Gasteiger partial charge on any atom is 0.102 e. The Morgan fingerprint density at radius 2 is 2.20 bits per heavy atom. The summed E-state index contributed by atoms with van der Waals surface area (Å²) < 4.78 is 0. The highest BCUT2D eigenvalue weighted by molar-refractivity contribution is 7.84. The summed E-state index contributed by atoms with van der Waals surface area (Å²) in [5.74, 6) is 0. The van der Waals surface area contributed by atoms with Gasteiger partial charge in [0, 0.05) is 0 Å². The predicted octanol–water partition coefficient (Wildman–Crippen LogP) is -0.538. The van der Waals surface area contributed by atoms with Crippen molar-refractivity contribution in [2.45, 2.75) is 11.5 Å². The molecule has 1 atom stereocenters. The maximum atomic E-state index is 4.18. The Labute approximate surface area is 39.2 Å². The van der Waals surface area contributed by atoms with Gasteiger partial charge in [0.2, 0.25) is 0 Å². The molecule has 1 heterocycles. The molecule has 1 aliphatic heterocycles. The van der Waals surface area contributed by atoms with Crippen molar-refractivity contribution in [3.8, 4) is 0 Å². The molecule has 0 amide bonds. The van der Waals surface area contributed by atoms with Gasteiger partial charge in [0.25, 0.3) is 0 Å². The molecule has 0 bridgehead atoms. The minimum atomic E-state index is 0.759. The van der Waals surface area contributed by atoms with Crippen molar-refractivity contribution in [1.29, 1.82) is 0 Å².